The Balaban J connectivity index is 1.86. The summed E-state index contributed by atoms with van der Waals surface area (Å²) in [6, 6.07) is 14.7. The van der Waals surface area contributed by atoms with Crippen molar-refractivity contribution < 1.29 is 9.59 Å². The van der Waals surface area contributed by atoms with Gasteiger partial charge < -0.3 is 10.2 Å². The lowest BCUT2D eigenvalue weighted by atomic mass is 10.0. The molecule has 0 aromatic heterocycles. The van der Waals surface area contributed by atoms with E-state index in [1.165, 1.54) is 0 Å². The molecule has 5 nitrogen and oxygen atoms in total. The van der Waals surface area contributed by atoms with E-state index < -0.39 is 0 Å². The molecule has 0 radical (unpaired) electrons. The number of hydrogen-bond acceptors (Lipinski definition) is 2. The molecular formula is C18H19N3O2. The number of urea groups is 1. The Morgan fingerprint density at radius 2 is 1.78 bits per heavy atom. The molecule has 0 saturated carbocycles. The highest BCUT2D eigenvalue weighted by Crippen LogP contribution is 2.31. The Kier molecular flexibility index (Phi) is 4.02. The zero-order valence-electron chi connectivity index (χ0n) is 13.2. The molecule has 1 heterocycles. The topological polar surface area (TPSA) is 52.7 Å². The normalized spacial score (nSPS) is 12.7. The predicted octanol–water partition coefficient (Wildman–Crippen LogP) is 2.98. The Bertz CT molecular complexity index is 741. The first-order valence-electron chi connectivity index (χ1n) is 7.55. The second kappa shape index (κ2) is 6.12. The van der Waals surface area contributed by atoms with Crippen LogP contribution in [0.4, 0.5) is 16.2 Å². The molecule has 1 aliphatic rings. The van der Waals surface area contributed by atoms with Crippen LogP contribution in [0.15, 0.2) is 48.5 Å². The maximum absolute atomic E-state index is 12.5. The number of nitrogens with zero attached hydrogens (tertiary/aromatic N) is 2. The first-order valence-corrected chi connectivity index (χ1v) is 7.55. The number of carbonyl (C=O) groups is 2. The van der Waals surface area contributed by atoms with E-state index in [-0.39, 0.29) is 11.9 Å². The molecule has 23 heavy (non-hydrogen) atoms. The van der Waals surface area contributed by atoms with Crippen LogP contribution in [0.25, 0.3) is 0 Å². The van der Waals surface area contributed by atoms with Crippen LogP contribution < -0.4 is 10.2 Å². The average molecular weight is 309 g/mol. The van der Waals surface area contributed by atoms with Crippen LogP contribution in [0.5, 0.6) is 0 Å². The van der Waals surface area contributed by atoms with Gasteiger partial charge in [0, 0.05) is 37.6 Å². The quantitative estimate of drug-likeness (QED) is 0.927. The summed E-state index contributed by atoms with van der Waals surface area (Å²) in [5.74, 6) is -0.0350. The number of fused-ring (bicyclic) bond motifs is 1. The maximum atomic E-state index is 12.5. The molecule has 0 bridgehead atoms. The lowest BCUT2D eigenvalue weighted by Gasteiger charge is -2.19. The number of carbonyl (C=O) groups excluding carboxylic acids is 2. The van der Waals surface area contributed by atoms with Gasteiger partial charge in [0.2, 0.25) is 0 Å². The molecule has 118 valence electrons. The molecule has 0 atom stereocenters. The minimum absolute atomic E-state index is 0.0350. The Hall–Kier alpha value is -2.82. The minimum atomic E-state index is -0.176. The van der Waals surface area contributed by atoms with E-state index in [2.05, 4.69) is 5.32 Å². The summed E-state index contributed by atoms with van der Waals surface area (Å²) < 4.78 is 0. The lowest BCUT2D eigenvalue weighted by molar-refractivity contribution is 0.0826. The van der Waals surface area contributed by atoms with Crippen LogP contribution in [0.3, 0.4) is 0 Å². The number of nitrogens with one attached hydrogen (secondary N) is 1. The Labute approximate surface area is 135 Å². The van der Waals surface area contributed by atoms with E-state index in [0.29, 0.717) is 18.5 Å². The van der Waals surface area contributed by atoms with Crippen molar-refractivity contribution >= 4 is 23.3 Å². The molecule has 3 amide bonds. The van der Waals surface area contributed by atoms with Crippen LogP contribution in [-0.4, -0.2) is 37.5 Å². The fourth-order valence-electron chi connectivity index (χ4n) is 2.80. The van der Waals surface area contributed by atoms with Gasteiger partial charge in [-0.05, 0) is 36.2 Å². The third-order valence-corrected chi connectivity index (χ3v) is 3.93. The monoisotopic (exact) mass is 309 g/mol. The second-order valence-corrected chi connectivity index (χ2v) is 5.70. The number of benzene rings is 2. The van der Waals surface area contributed by atoms with Crippen molar-refractivity contribution in [3.8, 4) is 0 Å². The van der Waals surface area contributed by atoms with Gasteiger partial charge in [0.25, 0.3) is 5.91 Å². The fourth-order valence-corrected chi connectivity index (χ4v) is 2.80. The minimum Gasteiger partial charge on any atom is -0.345 e. The molecule has 0 unspecified atom stereocenters. The third kappa shape index (κ3) is 2.90. The zero-order valence-corrected chi connectivity index (χ0v) is 13.2. The summed E-state index contributed by atoms with van der Waals surface area (Å²) in [5, 5.41) is 2.89. The summed E-state index contributed by atoms with van der Waals surface area (Å²) in [4.78, 5) is 28.0. The summed E-state index contributed by atoms with van der Waals surface area (Å²) >= 11 is 0. The number of anilines is 2. The molecule has 0 saturated heterocycles. The number of rotatable bonds is 2. The smallest absolute Gasteiger partial charge is 0.326 e. The molecule has 2 aromatic rings. The molecule has 5 heteroatoms. The number of amides is 3. The van der Waals surface area contributed by atoms with E-state index in [9.17, 15) is 9.59 Å². The van der Waals surface area contributed by atoms with Gasteiger partial charge in [-0.15, -0.1) is 0 Å². The second-order valence-electron chi connectivity index (χ2n) is 5.70. The molecule has 2 aromatic carbocycles. The van der Waals surface area contributed by atoms with Gasteiger partial charge in [-0.3, -0.25) is 9.69 Å². The van der Waals surface area contributed by atoms with Crippen molar-refractivity contribution in [2.24, 2.45) is 0 Å². The Morgan fingerprint density at radius 1 is 1.04 bits per heavy atom. The molecular weight excluding hydrogens is 290 g/mol. The van der Waals surface area contributed by atoms with Crippen LogP contribution in [0.2, 0.25) is 0 Å². The third-order valence-electron chi connectivity index (χ3n) is 3.93. The maximum Gasteiger partial charge on any atom is 0.326 e. The van der Waals surface area contributed by atoms with Crippen LogP contribution in [-0.2, 0) is 6.42 Å². The molecule has 1 aliphatic heterocycles. The molecule has 3 rings (SSSR count). The molecule has 0 aliphatic carbocycles. The summed E-state index contributed by atoms with van der Waals surface area (Å²) in [5.41, 5.74) is 3.18. The largest absolute Gasteiger partial charge is 0.345 e. The fraction of sp³-hybridized carbons (Fsp3) is 0.222. The van der Waals surface area contributed by atoms with E-state index in [4.69, 9.17) is 0 Å². The first kappa shape index (κ1) is 15.1. The van der Waals surface area contributed by atoms with Crippen molar-refractivity contribution in [2.45, 2.75) is 6.42 Å². The van der Waals surface area contributed by atoms with Gasteiger partial charge in [0.15, 0.2) is 0 Å². The average Bonchev–Trinajstić information content (AvgIpc) is 2.99. The van der Waals surface area contributed by atoms with E-state index in [1.807, 2.05) is 48.5 Å². The SMILES string of the molecule is CN(C)C(=O)c1cccc2c1CCN2C(=O)Nc1ccccc1. The number of para-hydroxylation sites is 1. The van der Waals surface area contributed by atoms with Crippen molar-refractivity contribution in [1.29, 1.82) is 0 Å². The van der Waals surface area contributed by atoms with Gasteiger partial charge in [-0.25, -0.2) is 4.79 Å². The van der Waals surface area contributed by atoms with Crippen molar-refractivity contribution in [3.05, 3.63) is 59.7 Å². The zero-order chi connectivity index (χ0) is 16.4. The van der Waals surface area contributed by atoms with Crippen LogP contribution >= 0.6 is 0 Å². The highest BCUT2D eigenvalue weighted by Gasteiger charge is 2.28. The van der Waals surface area contributed by atoms with Crippen LogP contribution in [0, 0.1) is 0 Å². The molecule has 1 N–H and O–H groups in total. The number of hydrogen-bond donors (Lipinski definition) is 1. The highest BCUT2D eigenvalue weighted by atomic mass is 16.2. The summed E-state index contributed by atoms with van der Waals surface area (Å²) in [6.07, 6.45) is 0.688. The van der Waals surface area contributed by atoms with Crippen molar-refractivity contribution in [3.63, 3.8) is 0 Å². The predicted molar refractivity (Wildman–Crippen MR) is 91.0 cm³/mol. The van der Waals surface area contributed by atoms with Gasteiger partial charge in [-0.1, -0.05) is 24.3 Å². The standard InChI is InChI=1S/C18H19N3O2/c1-20(2)17(22)15-9-6-10-16-14(15)11-12-21(16)18(23)19-13-7-4-3-5-8-13/h3-10H,11-12H2,1-2H3,(H,19,23). The van der Waals surface area contributed by atoms with E-state index >= 15 is 0 Å². The van der Waals surface area contributed by atoms with Gasteiger partial charge in [0.1, 0.15) is 0 Å². The van der Waals surface area contributed by atoms with Gasteiger partial charge in [0.05, 0.1) is 0 Å². The molecule has 0 spiro atoms. The van der Waals surface area contributed by atoms with Gasteiger partial charge >= 0.3 is 6.03 Å². The van der Waals surface area contributed by atoms with Gasteiger partial charge in [-0.2, -0.15) is 0 Å². The van der Waals surface area contributed by atoms with Crippen molar-refractivity contribution in [2.75, 3.05) is 30.9 Å². The first-order chi connectivity index (χ1) is 11.1. The molecule has 0 fully saturated rings. The Morgan fingerprint density at radius 3 is 2.48 bits per heavy atom. The lowest BCUT2D eigenvalue weighted by Crippen LogP contribution is -2.33. The van der Waals surface area contributed by atoms with E-state index in [0.717, 1.165) is 16.9 Å². The summed E-state index contributed by atoms with van der Waals surface area (Å²) in [6.45, 7) is 0.575. The summed E-state index contributed by atoms with van der Waals surface area (Å²) in [7, 11) is 3.47. The van der Waals surface area contributed by atoms with E-state index in [1.54, 1.807) is 23.9 Å². The van der Waals surface area contributed by atoms with Crippen LogP contribution in [0.1, 0.15) is 15.9 Å². The highest BCUT2D eigenvalue weighted by molar-refractivity contribution is 6.05. The van der Waals surface area contributed by atoms with Crippen molar-refractivity contribution in [1.82, 2.24) is 4.90 Å².